The minimum Gasteiger partial charge on any atom is -0.367 e. The van der Waals surface area contributed by atoms with Gasteiger partial charge in [0.05, 0.1) is 6.07 Å². The van der Waals surface area contributed by atoms with Gasteiger partial charge in [-0.25, -0.2) is 0 Å². The van der Waals surface area contributed by atoms with Crippen molar-refractivity contribution in [3.05, 3.63) is 29.8 Å². The number of nitriles is 1. The normalized spacial score (nSPS) is 28.7. The second-order valence-corrected chi connectivity index (χ2v) is 4.87. The zero-order valence-electron chi connectivity index (χ0n) is 9.96. The summed E-state index contributed by atoms with van der Waals surface area (Å²) in [6.07, 6.45) is 3.25. The molecule has 1 aromatic carbocycles. The van der Waals surface area contributed by atoms with Crippen molar-refractivity contribution < 1.29 is 0 Å². The van der Waals surface area contributed by atoms with Crippen LogP contribution in [0.1, 0.15) is 31.7 Å². The van der Waals surface area contributed by atoms with Crippen LogP contribution in [0.3, 0.4) is 0 Å². The molecular formula is C14H18N2. The highest BCUT2D eigenvalue weighted by Crippen LogP contribution is 2.37. The van der Waals surface area contributed by atoms with Crippen molar-refractivity contribution in [2.45, 2.75) is 38.6 Å². The van der Waals surface area contributed by atoms with Crippen molar-refractivity contribution in [2.75, 3.05) is 5.32 Å². The molecule has 2 atom stereocenters. The Morgan fingerprint density at radius 3 is 2.56 bits per heavy atom. The van der Waals surface area contributed by atoms with E-state index in [0.29, 0.717) is 5.92 Å². The summed E-state index contributed by atoms with van der Waals surface area (Å²) in [5, 5.41) is 12.8. The molecule has 16 heavy (non-hydrogen) atoms. The average Bonchev–Trinajstić information content (AvgIpc) is 2.64. The second kappa shape index (κ2) is 4.17. The molecule has 1 N–H and O–H groups in total. The van der Waals surface area contributed by atoms with E-state index in [-0.39, 0.29) is 5.54 Å². The van der Waals surface area contributed by atoms with E-state index in [4.69, 9.17) is 0 Å². The highest BCUT2D eigenvalue weighted by molar-refractivity contribution is 5.49. The van der Waals surface area contributed by atoms with E-state index in [0.717, 1.165) is 24.9 Å². The molecule has 0 heterocycles. The lowest BCUT2D eigenvalue weighted by molar-refractivity contribution is 0.464. The maximum absolute atomic E-state index is 9.39. The highest BCUT2D eigenvalue weighted by Gasteiger charge is 2.40. The molecule has 0 amide bonds. The Labute approximate surface area is 97.3 Å². The van der Waals surface area contributed by atoms with Gasteiger partial charge in [-0.05, 0) is 44.2 Å². The molecule has 1 aliphatic carbocycles. The maximum Gasteiger partial charge on any atom is 0.127 e. The lowest BCUT2D eigenvalue weighted by atomic mass is 9.89. The zero-order valence-corrected chi connectivity index (χ0v) is 9.96. The van der Waals surface area contributed by atoms with Crippen molar-refractivity contribution in [3.8, 4) is 6.07 Å². The summed E-state index contributed by atoms with van der Waals surface area (Å²) in [5.74, 6) is 0.429. The monoisotopic (exact) mass is 214 g/mol. The van der Waals surface area contributed by atoms with Gasteiger partial charge in [-0.15, -0.1) is 0 Å². The van der Waals surface area contributed by atoms with Gasteiger partial charge in [0.2, 0.25) is 0 Å². The van der Waals surface area contributed by atoms with E-state index >= 15 is 0 Å². The third-order valence-electron chi connectivity index (χ3n) is 3.67. The molecule has 2 nitrogen and oxygen atoms in total. The lowest BCUT2D eigenvalue weighted by Crippen LogP contribution is -2.39. The Balaban J connectivity index is 2.19. The highest BCUT2D eigenvalue weighted by atomic mass is 15.0. The molecule has 0 aliphatic heterocycles. The van der Waals surface area contributed by atoms with Crippen molar-refractivity contribution in [2.24, 2.45) is 5.92 Å². The number of nitrogens with zero attached hydrogens (tertiary/aromatic N) is 1. The fourth-order valence-electron chi connectivity index (χ4n) is 2.45. The number of anilines is 1. The van der Waals surface area contributed by atoms with Crippen molar-refractivity contribution in [1.82, 2.24) is 0 Å². The van der Waals surface area contributed by atoms with Crippen LogP contribution in [0.5, 0.6) is 0 Å². The maximum atomic E-state index is 9.39. The molecule has 0 radical (unpaired) electrons. The topological polar surface area (TPSA) is 35.8 Å². The standard InChI is InChI=1S/C14H18N2/c1-11-5-7-13(8-6-11)16-14(10-15)9-3-4-12(14)2/h5-8,12,16H,3-4,9H2,1-2H3. The smallest absolute Gasteiger partial charge is 0.127 e. The van der Waals surface area contributed by atoms with Gasteiger partial charge in [0.25, 0.3) is 0 Å². The van der Waals surface area contributed by atoms with E-state index < -0.39 is 0 Å². The number of hydrogen-bond acceptors (Lipinski definition) is 2. The predicted molar refractivity (Wildman–Crippen MR) is 66.2 cm³/mol. The number of benzene rings is 1. The summed E-state index contributed by atoms with van der Waals surface area (Å²) in [5.41, 5.74) is 1.95. The Morgan fingerprint density at radius 1 is 1.38 bits per heavy atom. The number of rotatable bonds is 2. The SMILES string of the molecule is Cc1ccc(NC2(C#N)CCCC2C)cc1. The van der Waals surface area contributed by atoms with Crippen LogP contribution in [0.15, 0.2) is 24.3 Å². The van der Waals surface area contributed by atoms with E-state index in [1.54, 1.807) is 0 Å². The summed E-state index contributed by atoms with van der Waals surface area (Å²) < 4.78 is 0. The number of hydrogen-bond donors (Lipinski definition) is 1. The first-order chi connectivity index (χ1) is 7.66. The first-order valence-electron chi connectivity index (χ1n) is 5.92. The summed E-state index contributed by atoms with van der Waals surface area (Å²) >= 11 is 0. The minimum atomic E-state index is -0.352. The Kier molecular flexibility index (Phi) is 2.87. The molecule has 0 spiro atoms. The Bertz CT molecular complexity index is 402. The van der Waals surface area contributed by atoms with Crippen molar-refractivity contribution in [1.29, 1.82) is 5.26 Å². The van der Waals surface area contributed by atoms with Gasteiger partial charge in [0.1, 0.15) is 5.54 Å². The van der Waals surface area contributed by atoms with Crippen molar-refractivity contribution >= 4 is 5.69 Å². The molecule has 1 saturated carbocycles. The first-order valence-corrected chi connectivity index (χ1v) is 5.92. The molecule has 2 rings (SSSR count). The van der Waals surface area contributed by atoms with Gasteiger partial charge in [-0.3, -0.25) is 0 Å². The Morgan fingerprint density at radius 2 is 2.06 bits per heavy atom. The summed E-state index contributed by atoms with van der Waals surface area (Å²) in [4.78, 5) is 0. The van der Waals surface area contributed by atoms with E-state index in [2.05, 4.69) is 49.5 Å². The quantitative estimate of drug-likeness (QED) is 0.818. The van der Waals surface area contributed by atoms with E-state index in [1.807, 2.05) is 0 Å². The third kappa shape index (κ3) is 1.90. The third-order valence-corrected chi connectivity index (χ3v) is 3.67. The zero-order chi connectivity index (χ0) is 11.6. The Hall–Kier alpha value is -1.49. The number of nitrogens with one attached hydrogen (secondary N) is 1. The van der Waals surface area contributed by atoms with E-state index in [9.17, 15) is 5.26 Å². The average molecular weight is 214 g/mol. The van der Waals surface area contributed by atoms with Crippen LogP contribution in [0.2, 0.25) is 0 Å². The van der Waals surface area contributed by atoms with Crippen LogP contribution in [0.25, 0.3) is 0 Å². The molecule has 1 fully saturated rings. The molecular weight excluding hydrogens is 196 g/mol. The van der Waals surface area contributed by atoms with Crippen LogP contribution < -0.4 is 5.32 Å². The molecule has 0 aromatic heterocycles. The fourth-order valence-corrected chi connectivity index (χ4v) is 2.45. The van der Waals surface area contributed by atoms with E-state index in [1.165, 1.54) is 5.56 Å². The van der Waals surface area contributed by atoms with Crippen LogP contribution in [0.4, 0.5) is 5.69 Å². The van der Waals surface area contributed by atoms with Gasteiger partial charge >= 0.3 is 0 Å². The van der Waals surface area contributed by atoms with Gasteiger partial charge in [-0.2, -0.15) is 5.26 Å². The van der Waals surface area contributed by atoms with Gasteiger partial charge in [-0.1, -0.05) is 24.6 Å². The summed E-state index contributed by atoms with van der Waals surface area (Å²) in [7, 11) is 0. The molecule has 2 unspecified atom stereocenters. The predicted octanol–water partition coefficient (Wildman–Crippen LogP) is 3.49. The molecule has 2 heteroatoms. The van der Waals surface area contributed by atoms with Crippen molar-refractivity contribution in [3.63, 3.8) is 0 Å². The first kappa shape index (κ1) is 11.0. The number of aryl methyl sites for hydroxylation is 1. The summed E-state index contributed by atoms with van der Waals surface area (Å²) in [6, 6.07) is 10.7. The summed E-state index contributed by atoms with van der Waals surface area (Å²) in [6.45, 7) is 4.24. The van der Waals surface area contributed by atoms with Gasteiger partial charge in [0, 0.05) is 5.69 Å². The largest absolute Gasteiger partial charge is 0.367 e. The lowest BCUT2D eigenvalue weighted by Gasteiger charge is -2.28. The molecule has 84 valence electrons. The van der Waals surface area contributed by atoms with Gasteiger partial charge < -0.3 is 5.32 Å². The molecule has 0 bridgehead atoms. The van der Waals surface area contributed by atoms with Crippen LogP contribution in [0, 0.1) is 24.2 Å². The van der Waals surface area contributed by atoms with Crippen LogP contribution in [-0.2, 0) is 0 Å². The fraction of sp³-hybridized carbons (Fsp3) is 0.500. The molecule has 1 aliphatic rings. The van der Waals surface area contributed by atoms with Gasteiger partial charge in [0.15, 0.2) is 0 Å². The van der Waals surface area contributed by atoms with Crippen LogP contribution >= 0.6 is 0 Å². The molecule has 0 saturated heterocycles. The molecule has 1 aromatic rings. The van der Waals surface area contributed by atoms with Crippen LogP contribution in [-0.4, -0.2) is 5.54 Å². The minimum absolute atomic E-state index is 0.352. The second-order valence-electron chi connectivity index (χ2n) is 4.87.